The van der Waals surface area contributed by atoms with Gasteiger partial charge in [-0.1, -0.05) is 19.8 Å². The number of aromatic hydroxyl groups is 1. The highest BCUT2D eigenvalue weighted by molar-refractivity contribution is 6.03. The molecule has 0 saturated carbocycles. The number of aryl methyl sites for hydroxylation is 1. The number of hydrogen-bond donors (Lipinski definition) is 3. The number of rotatable bonds is 5. The molecule has 22 heavy (non-hydrogen) atoms. The van der Waals surface area contributed by atoms with E-state index in [-0.39, 0.29) is 11.7 Å². The molecule has 5 nitrogen and oxygen atoms in total. The number of hydrogen-bond acceptors (Lipinski definition) is 2. The van der Waals surface area contributed by atoms with Gasteiger partial charge >= 0.3 is 0 Å². The molecule has 0 aliphatic rings. The lowest BCUT2D eigenvalue weighted by Crippen LogP contribution is -2.25. The SMILES string of the molecule is CCCCCN(C)C(=N)/N=C/c1c[nH]c2c(C)cc(O)cc12. The zero-order valence-corrected chi connectivity index (χ0v) is 13.5. The van der Waals surface area contributed by atoms with Gasteiger partial charge < -0.3 is 15.0 Å². The maximum Gasteiger partial charge on any atom is 0.217 e. The van der Waals surface area contributed by atoms with Crippen LogP contribution in [0, 0.1) is 12.3 Å². The lowest BCUT2D eigenvalue weighted by atomic mass is 10.1. The summed E-state index contributed by atoms with van der Waals surface area (Å²) >= 11 is 0. The normalized spacial score (nSPS) is 11.4. The van der Waals surface area contributed by atoms with Gasteiger partial charge in [0.2, 0.25) is 5.96 Å². The molecule has 5 heteroatoms. The number of aliphatic imine (C=N–C) groups is 1. The summed E-state index contributed by atoms with van der Waals surface area (Å²) in [5.74, 6) is 0.494. The van der Waals surface area contributed by atoms with Crippen molar-refractivity contribution in [3.63, 3.8) is 0 Å². The Morgan fingerprint density at radius 1 is 1.41 bits per heavy atom. The minimum atomic E-state index is 0.242. The Kier molecular flexibility index (Phi) is 5.20. The van der Waals surface area contributed by atoms with Crippen molar-refractivity contribution >= 4 is 23.1 Å². The summed E-state index contributed by atoms with van der Waals surface area (Å²) < 4.78 is 0. The van der Waals surface area contributed by atoms with Crippen LogP contribution in [0.3, 0.4) is 0 Å². The summed E-state index contributed by atoms with van der Waals surface area (Å²) in [6.07, 6.45) is 6.94. The van der Waals surface area contributed by atoms with Gasteiger partial charge in [-0.25, -0.2) is 4.99 Å². The third-order valence-corrected chi connectivity index (χ3v) is 3.79. The summed E-state index contributed by atoms with van der Waals surface area (Å²) in [6.45, 7) is 4.96. The van der Waals surface area contributed by atoms with Crippen LogP contribution in [0.4, 0.5) is 0 Å². The minimum Gasteiger partial charge on any atom is -0.508 e. The molecule has 1 aromatic heterocycles. The van der Waals surface area contributed by atoms with Gasteiger partial charge in [-0.3, -0.25) is 5.41 Å². The molecule has 2 rings (SSSR count). The van der Waals surface area contributed by atoms with Crippen LogP contribution in [0.1, 0.15) is 37.3 Å². The Hall–Kier alpha value is -2.30. The first-order valence-electron chi connectivity index (χ1n) is 7.67. The van der Waals surface area contributed by atoms with E-state index in [0.29, 0.717) is 0 Å². The molecule has 3 N–H and O–H groups in total. The molecule has 2 aromatic rings. The number of H-pyrrole nitrogens is 1. The van der Waals surface area contributed by atoms with E-state index in [1.807, 2.05) is 25.1 Å². The summed E-state index contributed by atoms with van der Waals surface area (Å²) in [5, 5.41) is 18.6. The van der Waals surface area contributed by atoms with E-state index in [0.717, 1.165) is 35.0 Å². The van der Waals surface area contributed by atoms with Crippen molar-refractivity contribution in [1.82, 2.24) is 9.88 Å². The predicted octanol–water partition coefficient (Wildman–Crippen LogP) is 3.66. The van der Waals surface area contributed by atoms with Gasteiger partial charge in [0.05, 0.1) is 0 Å². The van der Waals surface area contributed by atoms with Crippen LogP contribution < -0.4 is 0 Å². The van der Waals surface area contributed by atoms with Crippen LogP contribution in [-0.4, -0.2) is 40.8 Å². The Labute approximate surface area is 131 Å². The first kappa shape index (κ1) is 16.1. The highest BCUT2D eigenvalue weighted by Crippen LogP contribution is 2.25. The molecule has 0 radical (unpaired) electrons. The molecule has 0 aliphatic carbocycles. The first-order chi connectivity index (χ1) is 10.5. The Morgan fingerprint density at radius 3 is 2.91 bits per heavy atom. The van der Waals surface area contributed by atoms with E-state index >= 15 is 0 Å². The Bertz CT molecular complexity index is 687. The summed E-state index contributed by atoms with van der Waals surface area (Å²) in [6, 6.07) is 3.44. The lowest BCUT2D eigenvalue weighted by Gasteiger charge is -2.15. The molecule has 0 unspecified atom stereocenters. The van der Waals surface area contributed by atoms with Crippen LogP contribution in [-0.2, 0) is 0 Å². The fraction of sp³-hybridized carbons (Fsp3) is 0.412. The molecule has 0 saturated heterocycles. The lowest BCUT2D eigenvalue weighted by molar-refractivity contribution is 0.469. The topological polar surface area (TPSA) is 75.5 Å². The van der Waals surface area contributed by atoms with E-state index in [9.17, 15) is 5.11 Å². The predicted molar refractivity (Wildman–Crippen MR) is 92.2 cm³/mol. The first-order valence-corrected chi connectivity index (χ1v) is 7.67. The molecule has 1 aromatic carbocycles. The number of phenols is 1. The second kappa shape index (κ2) is 7.11. The van der Waals surface area contributed by atoms with E-state index < -0.39 is 0 Å². The quantitative estimate of drug-likeness (QED) is 0.448. The fourth-order valence-electron chi connectivity index (χ4n) is 2.46. The number of fused-ring (bicyclic) bond motifs is 1. The molecular formula is C17H24N4O. The molecule has 0 fully saturated rings. The summed E-state index contributed by atoms with van der Waals surface area (Å²) in [4.78, 5) is 9.28. The fourth-order valence-corrected chi connectivity index (χ4v) is 2.46. The maximum absolute atomic E-state index is 9.73. The van der Waals surface area contributed by atoms with Gasteiger partial charge in [-0.2, -0.15) is 0 Å². The third-order valence-electron chi connectivity index (χ3n) is 3.79. The Morgan fingerprint density at radius 2 is 2.18 bits per heavy atom. The largest absolute Gasteiger partial charge is 0.508 e. The van der Waals surface area contributed by atoms with E-state index in [4.69, 9.17) is 5.41 Å². The standard InChI is InChI=1S/C17H24N4O/c1-4-5-6-7-21(3)17(18)20-11-13-10-19-16-12(2)8-14(22)9-15(13)16/h8-11,18-19,22H,4-7H2,1-3H3/b18-17?,20-11+. The summed E-state index contributed by atoms with van der Waals surface area (Å²) in [5.41, 5.74) is 2.85. The van der Waals surface area contributed by atoms with Crippen LogP contribution >= 0.6 is 0 Å². The van der Waals surface area contributed by atoms with Crippen molar-refractivity contribution in [2.45, 2.75) is 33.1 Å². The molecule has 0 aliphatic heterocycles. The number of aromatic amines is 1. The van der Waals surface area contributed by atoms with Gasteiger partial charge in [0.15, 0.2) is 0 Å². The van der Waals surface area contributed by atoms with Crippen LogP contribution in [0.15, 0.2) is 23.3 Å². The Balaban J connectivity index is 2.11. The summed E-state index contributed by atoms with van der Waals surface area (Å²) in [7, 11) is 1.89. The average molecular weight is 300 g/mol. The van der Waals surface area contributed by atoms with E-state index in [2.05, 4.69) is 16.9 Å². The number of nitrogens with one attached hydrogen (secondary N) is 2. The number of nitrogens with zero attached hydrogens (tertiary/aromatic N) is 2. The number of benzene rings is 1. The van der Waals surface area contributed by atoms with E-state index in [1.54, 1.807) is 18.3 Å². The maximum atomic E-state index is 9.73. The van der Waals surface area contributed by atoms with Crippen LogP contribution in [0.5, 0.6) is 5.75 Å². The molecule has 0 amide bonds. The second-order valence-electron chi connectivity index (χ2n) is 5.64. The van der Waals surface area contributed by atoms with Crippen molar-refractivity contribution in [2.75, 3.05) is 13.6 Å². The van der Waals surface area contributed by atoms with Gasteiger partial charge in [0.1, 0.15) is 5.75 Å². The number of phenolic OH excluding ortho intramolecular Hbond substituents is 1. The van der Waals surface area contributed by atoms with Crippen LogP contribution in [0.2, 0.25) is 0 Å². The molecule has 0 bridgehead atoms. The van der Waals surface area contributed by atoms with Crippen molar-refractivity contribution in [1.29, 1.82) is 5.41 Å². The number of guanidine groups is 1. The molecular weight excluding hydrogens is 276 g/mol. The third kappa shape index (κ3) is 3.67. The minimum absolute atomic E-state index is 0.242. The molecule has 0 spiro atoms. The zero-order chi connectivity index (χ0) is 16.1. The second-order valence-corrected chi connectivity index (χ2v) is 5.64. The zero-order valence-electron chi connectivity index (χ0n) is 13.5. The monoisotopic (exact) mass is 300 g/mol. The van der Waals surface area contributed by atoms with Gasteiger partial charge in [-0.05, 0) is 31.0 Å². The van der Waals surface area contributed by atoms with Gasteiger partial charge in [0, 0.05) is 42.5 Å². The van der Waals surface area contributed by atoms with Gasteiger partial charge in [0.25, 0.3) is 0 Å². The van der Waals surface area contributed by atoms with Crippen molar-refractivity contribution in [2.24, 2.45) is 4.99 Å². The van der Waals surface area contributed by atoms with Crippen LogP contribution in [0.25, 0.3) is 10.9 Å². The van der Waals surface area contributed by atoms with Crippen molar-refractivity contribution < 1.29 is 5.11 Å². The number of aromatic nitrogens is 1. The van der Waals surface area contributed by atoms with Gasteiger partial charge in [-0.15, -0.1) is 0 Å². The molecule has 1 heterocycles. The highest BCUT2D eigenvalue weighted by Gasteiger charge is 2.07. The van der Waals surface area contributed by atoms with Crippen molar-refractivity contribution in [3.8, 4) is 5.75 Å². The molecule has 0 atom stereocenters. The molecule has 118 valence electrons. The highest BCUT2D eigenvalue weighted by atomic mass is 16.3. The average Bonchev–Trinajstić information content (AvgIpc) is 2.88. The van der Waals surface area contributed by atoms with E-state index in [1.165, 1.54) is 12.8 Å². The smallest absolute Gasteiger partial charge is 0.217 e. The number of unbranched alkanes of at least 4 members (excludes halogenated alkanes) is 2. The van der Waals surface area contributed by atoms with Crippen molar-refractivity contribution in [3.05, 3.63) is 29.5 Å².